The molecule has 0 bridgehead atoms. The number of hydrogen-bond acceptors (Lipinski definition) is 7. The van der Waals surface area contributed by atoms with Crippen LogP contribution in [0, 0.1) is 6.92 Å². The summed E-state index contributed by atoms with van der Waals surface area (Å²) in [6.07, 6.45) is 4.45. The van der Waals surface area contributed by atoms with Crippen molar-refractivity contribution in [3.05, 3.63) is 47.6 Å². The third-order valence-corrected chi connectivity index (χ3v) is 7.42. The molecule has 0 unspecified atom stereocenters. The van der Waals surface area contributed by atoms with Gasteiger partial charge in [-0.05, 0) is 51.8 Å². The predicted molar refractivity (Wildman–Crippen MR) is 143 cm³/mol. The number of piperidine rings is 1. The maximum Gasteiger partial charge on any atom is 0.331 e. The first-order valence-corrected chi connectivity index (χ1v) is 13.0. The summed E-state index contributed by atoms with van der Waals surface area (Å²) in [5, 5.41) is 6.65. The van der Waals surface area contributed by atoms with Crippen molar-refractivity contribution in [3.8, 4) is 5.88 Å². The smallest absolute Gasteiger partial charge is 0.331 e. The van der Waals surface area contributed by atoms with Crippen LogP contribution in [-0.4, -0.2) is 57.9 Å². The third kappa shape index (κ3) is 4.62. The van der Waals surface area contributed by atoms with Gasteiger partial charge in [-0.1, -0.05) is 6.58 Å². The monoisotopic (exact) mass is 520 g/mol. The summed E-state index contributed by atoms with van der Waals surface area (Å²) >= 11 is 1.23. The number of nitrogens with zero attached hydrogens (tertiary/aromatic N) is 4. The zero-order valence-corrected chi connectivity index (χ0v) is 21.7. The average Bonchev–Trinajstić information content (AvgIpc) is 3.24. The van der Waals surface area contributed by atoms with E-state index in [-0.39, 0.29) is 24.0 Å². The lowest BCUT2D eigenvalue weighted by Gasteiger charge is -2.32. The molecule has 10 nitrogen and oxygen atoms in total. The minimum absolute atomic E-state index is 0.0204. The lowest BCUT2D eigenvalue weighted by Crippen LogP contribution is -2.49. The maximum atomic E-state index is 13.4. The van der Waals surface area contributed by atoms with Crippen molar-refractivity contribution in [2.75, 3.05) is 23.3 Å². The Morgan fingerprint density at radius 2 is 2.11 bits per heavy atom. The number of nitrogens with one attached hydrogen (secondary N) is 2. The van der Waals surface area contributed by atoms with Crippen molar-refractivity contribution in [1.29, 1.82) is 0 Å². The molecule has 0 aliphatic carbocycles. The highest BCUT2D eigenvalue weighted by Crippen LogP contribution is 2.46. The van der Waals surface area contributed by atoms with E-state index in [0.29, 0.717) is 56.8 Å². The minimum Gasteiger partial charge on any atom is -0.475 e. The molecule has 5 heterocycles. The van der Waals surface area contributed by atoms with Crippen LogP contribution >= 0.6 is 11.3 Å². The minimum atomic E-state index is -0.393. The highest BCUT2D eigenvalue weighted by atomic mass is 32.1. The second-order valence-corrected chi connectivity index (χ2v) is 10.3. The zero-order valence-electron chi connectivity index (χ0n) is 20.9. The van der Waals surface area contributed by atoms with Gasteiger partial charge in [0.25, 0.3) is 5.91 Å². The highest BCUT2D eigenvalue weighted by molar-refractivity contribution is 7.21. The molecule has 2 aliphatic heterocycles. The van der Waals surface area contributed by atoms with E-state index in [1.54, 1.807) is 34.2 Å². The van der Waals surface area contributed by atoms with E-state index in [9.17, 15) is 14.4 Å². The summed E-state index contributed by atoms with van der Waals surface area (Å²) in [5.41, 5.74) is 2.31. The fourth-order valence-corrected chi connectivity index (χ4v) is 5.76. The second-order valence-electron chi connectivity index (χ2n) is 9.30. The Balaban J connectivity index is 1.46. The molecule has 0 radical (unpaired) electrons. The van der Waals surface area contributed by atoms with Gasteiger partial charge < -0.3 is 20.3 Å². The first kappa shape index (κ1) is 24.7. The maximum absolute atomic E-state index is 13.4. The van der Waals surface area contributed by atoms with Crippen LogP contribution in [0.4, 0.5) is 21.9 Å². The summed E-state index contributed by atoms with van der Waals surface area (Å²) in [4.78, 5) is 52.0. The third-order valence-electron chi connectivity index (χ3n) is 6.32. The molecular weight excluding hydrogens is 492 g/mol. The number of urea groups is 1. The Hall–Kier alpha value is -3.99. The average molecular weight is 521 g/mol. The molecule has 11 heteroatoms. The highest BCUT2D eigenvalue weighted by Gasteiger charge is 2.34. The van der Waals surface area contributed by atoms with Gasteiger partial charge in [-0.25, -0.2) is 14.8 Å². The van der Waals surface area contributed by atoms with E-state index < -0.39 is 6.03 Å². The first-order chi connectivity index (χ1) is 17.8. The van der Waals surface area contributed by atoms with Gasteiger partial charge in [-0.15, -0.1) is 11.3 Å². The van der Waals surface area contributed by atoms with Crippen LogP contribution in [0.3, 0.4) is 0 Å². The van der Waals surface area contributed by atoms with Gasteiger partial charge in [0, 0.05) is 31.4 Å². The number of aromatic nitrogens is 2. The van der Waals surface area contributed by atoms with Gasteiger partial charge in [0.1, 0.15) is 9.71 Å². The van der Waals surface area contributed by atoms with Crippen LogP contribution in [0.25, 0.3) is 10.2 Å². The van der Waals surface area contributed by atoms with Crippen LogP contribution < -0.4 is 20.3 Å². The molecule has 192 valence electrons. The summed E-state index contributed by atoms with van der Waals surface area (Å²) in [5.74, 6) is 0.0362. The number of carbonyl (C=O) groups is 3. The van der Waals surface area contributed by atoms with Crippen LogP contribution in [0.2, 0.25) is 0 Å². The molecule has 5 rings (SSSR count). The quantitative estimate of drug-likeness (QED) is 0.466. The first-order valence-electron chi connectivity index (χ1n) is 12.2. The Morgan fingerprint density at radius 1 is 1.30 bits per heavy atom. The topological polar surface area (TPSA) is 117 Å². The van der Waals surface area contributed by atoms with Crippen molar-refractivity contribution in [2.24, 2.45) is 0 Å². The number of aryl methyl sites for hydroxylation is 1. The Labute approximate surface area is 218 Å². The van der Waals surface area contributed by atoms with Crippen LogP contribution in [0.1, 0.15) is 42.1 Å². The fraction of sp³-hybridized carbons (Fsp3) is 0.346. The number of rotatable bonds is 6. The molecule has 1 saturated heterocycles. The van der Waals surface area contributed by atoms with Crippen LogP contribution in [0.5, 0.6) is 5.88 Å². The lowest BCUT2D eigenvalue weighted by atomic mass is 10.1. The SMILES string of the molecule is C=CC(=O)N1CCC[C@@H](NC(=O)c2sc3nccc4c3c2NC(=O)N4c2ccc(OC(C)C)nc2C)C1. The molecule has 1 atom stereocenters. The van der Waals surface area contributed by atoms with E-state index in [0.717, 1.165) is 12.8 Å². The molecule has 2 N–H and O–H groups in total. The van der Waals surface area contributed by atoms with Crippen molar-refractivity contribution in [2.45, 2.75) is 45.8 Å². The summed E-state index contributed by atoms with van der Waals surface area (Å²) in [6, 6.07) is 4.72. The van der Waals surface area contributed by atoms with Crippen molar-refractivity contribution < 1.29 is 19.1 Å². The number of carbonyl (C=O) groups excluding carboxylic acids is 3. The number of amides is 4. The number of hydrogen-bond donors (Lipinski definition) is 2. The largest absolute Gasteiger partial charge is 0.475 e. The van der Waals surface area contributed by atoms with Crippen molar-refractivity contribution >= 4 is 56.5 Å². The Bertz CT molecular complexity index is 1420. The van der Waals surface area contributed by atoms with E-state index in [2.05, 4.69) is 27.2 Å². The van der Waals surface area contributed by atoms with Gasteiger partial charge >= 0.3 is 6.03 Å². The van der Waals surface area contributed by atoms with Gasteiger partial charge in [0.2, 0.25) is 11.8 Å². The number of pyridine rings is 2. The number of thiophene rings is 1. The molecule has 1 fully saturated rings. The zero-order chi connectivity index (χ0) is 26.3. The Kier molecular flexibility index (Phi) is 6.55. The van der Waals surface area contributed by atoms with Gasteiger partial charge in [-0.2, -0.15) is 0 Å². The summed E-state index contributed by atoms with van der Waals surface area (Å²) < 4.78 is 5.69. The van der Waals surface area contributed by atoms with Crippen molar-refractivity contribution in [1.82, 2.24) is 20.2 Å². The number of likely N-dealkylation sites (tertiary alicyclic amines) is 1. The van der Waals surface area contributed by atoms with E-state index in [1.165, 1.54) is 17.4 Å². The Morgan fingerprint density at radius 3 is 2.84 bits per heavy atom. The van der Waals surface area contributed by atoms with Crippen LogP contribution in [0.15, 0.2) is 37.1 Å². The second kappa shape index (κ2) is 9.81. The molecule has 0 spiro atoms. The van der Waals surface area contributed by atoms with E-state index in [1.807, 2.05) is 20.8 Å². The lowest BCUT2D eigenvalue weighted by molar-refractivity contribution is -0.127. The fourth-order valence-electron chi connectivity index (χ4n) is 4.73. The van der Waals surface area contributed by atoms with E-state index in [4.69, 9.17) is 4.74 Å². The summed E-state index contributed by atoms with van der Waals surface area (Å²) in [6.45, 7) is 10.3. The number of anilines is 3. The molecule has 3 aromatic heterocycles. The molecule has 2 aliphatic rings. The molecule has 0 saturated carbocycles. The number of ether oxygens (including phenoxy) is 1. The van der Waals surface area contributed by atoms with E-state index >= 15 is 0 Å². The molecule has 0 aromatic carbocycles. The predicted octanol–water partition coefficient (Wildman–Crippen LogP) is 4.38. The van der Waals surface area contributed by atoms with Crippen molar-refractivity contribution in [3.63, 3.8) is 0 Å². The molecule has 37 heavy (non-hydrogen) atoms. The molecule has 3 aromatic rings. The summed E-state index contributed by atoms with van der Waals surface area (Å²) in [7, 11) is 0. The standard InChI is InChI=1S/C26H28N6O4S/c1-5-20(33)31-12-6-7-16(13-31)29-24(34)23-22-21-18(10-11-27-25(21)37-23)32(26(35)30-22)17-8-9-19(28-15(17)4)36-14(2)3/h5,8-11,14,16H,1,6-7,12-13H2,2-4H3,(H,29,34)(H,30,35)/t16-/m1/s1. The van der Waals surface area contributed by atoms with Gasteiger partial charge in [-0.3, -0.25) is 14.5 Å². The normalized spacial score (nSPS) is 17.1. The van der Waals surface area contributed by atoms with Crippen LogP contribution in [-0.2, 0) is 4.79 Å². The van der Waals surface area contributed by atoms with Gasteiger partial charge in [0.05, 0.1) is 34.2 Å². The molecule has 4 amide bonds. The van der Waals surface area contributed by atoms with Gasteiger partial charge in [0.15, 0.2) is 0 Å². The molecular formula is C26H28N6O4S.